The van der Waals surface area contributed by atoms with Crippen LogP contribution in [0.15, 0.2) is 36.4 Å². The summed E-state index contributed by atoms with van der Waals surface area (Å²) in [5, 5.41) is 2.89. The SMILES string of the molecule is COc1ccc(CCNC(=O)CN(C(C)=O)c2c(C)cccc2C)cc1OC. The van der Waals surface area contributed by atoms with Gasteiger partial charge in [-0.2, -0.15) is 0 Å². The van der Waals surface area contributed by atoms with Crippen molar-refractivity contribution in [1.82, 2.24) is 5.32 Å². The molecule has 0 spiro atoms. The van der Waals surface area contributed by atoms with Crippen LogP contribution in [0.4, 0.5) is 5.69 Å². The minimum atomic E-state index is -0.196. The van der Waals surface area contributed by atoms with E-state index in [9.17, 15) is 9.59 Å². The number of benzene rings is 2. The standard InChI is InChI=1S/C22H28N2O4/c1-15-7-6-8-16(2)22(15)24(17(3)25)14-21(26)23-12-11-18-9-10-19(27-4)20(13-18)28-5/h6-10,13H,11-12,14H2,1-5H3,(H,23,26). The van der Waals surface area contributed by atoms with Crippen LogP contribution in [-0.2, 0) is 16.0 Å². The molecule has 150 valence electrons. The number of rotatable bonds is 8. The van der Waals surface area contributed by atoms with Crippen LogP contribution in [0.1, 0.15) is 23.6 Å². The molecule has 28 heavy (non-hydrogen) atoms. The van der Waals surface area contributed by atoms with Crippen LogP contribution in [0.2, 0.25) is 0 Å². The molecule has 0 aliphatic rings. The first-order valence-corrected chi connectivity index (χ1v) is 9.19. The van der Waals surface area contributed by atoms with Crippen molar-refractivity contribution < 1.29 is 19.1 Å². The molecule has 2 rings (SSSR count). The molecule has 0 aliphatic heterocycles. The highest BCUT2D eigenvalue weighted by molar-refractivity contribution is 5.98. The van der Waals surface area contributed by atoms with Crippen molar-refractivity contribution >= 4 is 17.5 Å². The first-order chi connectivity index (χ1) is 13.4. The molecule has 1 N–H and O–H groups in total. The molecule has 0 saturated carbocycles. The van der Waals surface area contributed by atoms with Gasteiger partial charge >= 0.3 is 0 Å². The number of aryl methyl sites for hydroxylation is 2. The van der Waals surface area contributed by atoms with Crippen molar-refractivity contribution in [1.29, 1.82) is 0 Å². The Bertz CT molecular complexity index is 828. The van der Waals surface area contributed by atoms with Crippen molar-refractivity contribution in [2.75, 3.05) is 32.2 Å². The second-order valence-corrected chi connectivity index (χ2v) is 6.63. The van der Waals surface area contributed by atoms with E-state index in [4.69, 9.17) is 9.47 Å². The molecule has 0 bridgehead atoms. The second kappa shape index (κ2) is 9.78. The average molecular weight is 384 g/mol. The lowest BCUT2D eigenvalue weighted by Crippen LogP contribution is -2.41. The smallest absolute Gasteiger partial charge is 0.240 e. The molecule has 6 heteroatoms. The third-order valence-corrected chi connectivity index (χ3v) is 4.58. The second-order valence-electron chi connectivity index (χ2n) is 6.63. The monoisotopic (exact) mass is 384 g/mol. The van der Waals surface area contributed by atoms with E-state index in [0.29, 0.717) is 24.5 Å². The molecule has 2 amide bonds. The molecule has 2 aromatic rings. The Morgan fingerprint density at radius 1 is 1.00 bits per heavy atom. The molecule has 0 aliphatic carbocycles. The Hall–Kier alpha value is -3.02. The zero-order chi connectivity index (χ0) is 20.7. The van der Waals surface area contributed by atoms with E-state index < -0.39 is 0 Å². The summed E-state index contributed by atoms with van der Waals surface area (Å²) in [5.41, 5.74) is 3.75. The molecule has 0 radical (unpaired) electrons. The lowest BCUT2D eigenvalue weighted by Gasteiger charge is -2.24. The number of ether oxygens (including phenoxy) is 2. The van der Waals surface area contributed by atoms with Crippen molar-refractivity contribution in [2.45, 2.75) is 27.2 Å². The van der Waals surface area contributed by atoms with Crippen LogP contribution in [-0.4, -0.2) is 39.1 Å². The predicted molar refractivity (Wildman–Crippen MR) is 110 cm³/mol. The number of anilines is 1. The number of carbonyl (C=O) groups is 2. The van der Waals surface area contributed by atoms with E-state index >= 15 is 0 Å². The molecule has 6 nitrogen and oxygen atoms in total. The number of carbonyl (C=O) groups excluding carboxylic acids is 2. The van der Waals surface area contributed by atoms with Gasteiger partial charge in [-0.05, 0) is 49.1 Å². The highest BCUT2D eigenvalue weighted by Crippen LogP contribution is 2.27. The first kappa shape index (κ1) is 21.3. The van der Waals surface area contributed by atoms with Crippen molar-refractivity contribution in [2.24, 2.45) is 0 Å². The fraction of sp³-hybridized carbons (Fsp3) is 0.364. The van der Waals surface area contributed by atoms with Gasteiger partial charge in [-0.3, -0.25) is 9.59 Å². The van der Waals surface area contributed by atoms with Crippen molar-refractivity contribution in [3.05, 3.63) is 53.1 Å². The number of hydrogen-bond acceptors (Lipinski definition) is 4. The molecule has 0 atom stereocenters. The van der Waals surface area contributed by atoms with Crippen molar-refractivity contribution in [3.8, 4) is 11.5 Å². The lowest BCUT2D eigenvalue weighted by atomic mass is 10.1. The Labute approximate surface area is 166 Å². The number of hydrogen-bond donors (Lipinski definition) is 1. The normalized spacial score (nSPS) is 10.3. The highest BCUT2D eigenvalue weighted by atomic mass is 16.5. The molecule has 0 heterocycles. The summed E-state index contributed by atoms with van der Waals surface area (Å²) in [6.45, 7) is 5.81. The first-order valence-electron chi connectivity index (χ1n) is 9.19. The third-order valence-electron chi connectivity index (χ3n) is 4.58. The Morgan fingerprint density at radius 3 is 2.21 bits per heavy atom. The van der Waals surface area contributed by atoms with Gasteiger partial charge in [0, 0.05) is 13.5 Å². The van der Waals surface area contributed by atoms with Crippen LogP contribution in [0, 0.1) is 13.8 Å². The van der Waals surface area contributed by atoms with Crippen LogP contribution in [0.25, 0.3) is 0 Å². The van der Waals surface area contributed by atoms with Crippen molar-refractivity contribution in [3.63, 3.8) is 0 Å². The molecule has 0 fully saturated rings. The van der Waals surface area contributed by atoms with Crippen LogP contribution < -0.4 is 19.7 Å². The zero-order valence-electron chi connectivity index (χ0n) is 17.2. The summed E-state index contributed by atoms with van der Waals surface area (Å²) < 4.78 is 10.5. The van der Waals surface area contributed by atoms with Gasteiger partial charge in [-0.15, -0.1) is 0 Å². The molecule has 0 aromatic heterocycles. The van der Waals surface area contributed by atoms with Crippen LogP contribution in [0.5, 0.6) is 11.5 Å². The quantitative estimate of drug-likeness (QED) is 0.760. The highest BCUT2D eigenvalue weighted by Gasteiger charge is 2.19. The number of nitrogens with zero attached hydrogens (tertiary/aromatic N) is 1. The Balaban J connectivity index is 1.98. The summed E-state index contributed by atoms with van der Waals surface area (Å²) >= 11 is 0. The van der Waals surface area contributed by atoms with Gasteiger partial charge < -0.3 is 19.7 Å². The van der Waals surface area contributed by atoms with E-state index in [-0.39, 0.29) is 18.4 Å². The maximum atomic E-state index is 12.4. The Kier molecular flexibility index (Phi) is 7.44. The summed E-state index contributed by atoms with van der Waals surface area (Å²) in [6.07, 6.45) is 0.648. The van der Waals surface area contributed by atoms with E-state index in [1.165, 1.54) is 11.8 Å². The zero-order valence-corrected chi connectivity index (χ0v) is 17.2. The van der Waals surface area contributed by atoms with E-state index in [1.807, 2.05) is 50.2 Å². The summed E-state index contributed by atoms with van der Waals surface area (Å²) in [4.78, 5) is 26.1. The summed E-state index contributed by atoms with van der Waals surface area (Å²) in [6, 6.07) is 11.5. The van der Waals surface area contributed by atoms with Gasteiger partial charge in [0.05, 0.1) is 19.9 Å². The van der Waals surface area contributed by atoms with Gasteiger partial charge in [0.15, 0.2) is 11.5 Å². The summed E-state index contributed by atoms with van der Waals surface area (Å²) in [7, 11) is 3.18. The number of nitrogens with one attached hydrogen (secondary N) is 1. The van der Waals surface area contributed by atoms with Gasteiger partial charge in [-0.1, -0.05) is 24.3 Å². The largest absolute Gasteiger partial charge is 0.493 e. The van der Waals surface area contributed by atoms with Gasteiger partial charge in [0.25, 0.3) is 0 Å². The minimum Gasteiger partial charge on any atom is -0.493 e. The maximum Gasteiger partial charge on any atom is 0.240 e. The van der Waals surface area contributed by atoms with Crippen LogP contribution in [0.3, 0.4) is 0 Å². The number of para-hydroxylation sites is 1. The molecular formula is C22H28N2O4. The average Bonchev–Trinajstić information content (AvgIpc) is 2.66. The predicted octanol–water partition coefficient (Wildman–Crippen LogP) is 3.03. The molecular weight excluding hydrogens is 356 g/mol. The van der Waals surface area contributed by atoms with Gasteiger partial charge in [0.1, 0.15) is 6.54 Å². The molecule has 2 aromatic carbocycles. The van der Waals surface area contributed by atoms with E-state index in [0.717, 1.165) is 22.4 Å². The fourth-order valence-electron chi connectivity index (χ4n) is 3.16. The van der Waals surface area contributed by atoms with E-state index in [1.54, 1.807) is 14.2 Å². The van der Waals surface area contributed by atoms with Gasteiger partial charge in [-0.25, -0.2) is 0 Å². The topological polar surface area (TPSA) is 67.9 Å². The van der Waals surface area contributed by atoms with Crippen LogP contribution >= 0.6 is 0 Å². The maximum absolute atomic E-state index is 12.4. The van der Waals surface area contributed by atoms with E-state index in [2.05, 4.69) is 5.32 Å². The molecule has 0 saturated heterocycles. The number of methoxy groups -OCH3 is 2. The lowest BCUT2D eigenvalue weighted by molar-refractivity contribution is -0.123. The minimum absolute atomic E-state index is 0.00698. The Morgan fingerprint density at radius 2 is 1.64 bits per heavy atom. The number of amides is 2. The molecule has 0 unspecified atom stereocenters. The fourth-order valence-corrected chi connectivity index (χ4v) is 3.16. The van der Waals surface area contributed by atoms with Gasteiger partial charge in [0.2, 0.25) is 11.8 Å². The summed E-state index contributed by atoms with van der Waals surface area (Å²) in [5.74, 6) is 0.968. The third kappa shape index (κ3) is 5.25.